The van der Waals surface area contributed by atoms with E-state index in [4.69, 9.17) is 14.0 Å². The van der Waals surface area contributed by atoms with E-state index in [0.29, 0.717) is 0 Å². The van der Waals surface area contributed by atoms with Crippen molar-refractivity contribution in [2.24, 2.45) is 0 Å². The standard InChI is InChI=1S/C6H3BO3/c1-2-4-6-5(3-1)9-7(8-4)10-6/h1-3H. The van der Waals surface area contributed by atoms with Crippen LogP contribution in [0.5, 0.6) is 17.2 Å². The summed E-state index contributed by atoms with van der Waals surface area (Å²) in [6.07, 6.45) is 0. The summed E-state index contributed by atoms with van der Waals surface area (Å²) in [4.78, 5) is 0. The van der Waals surface area contributed by atoms with E-state index in [2.05, 4.69) is 0 Å². The summed E-state index contributed by atoms with van der Waals surface area (Å²) in [5, 5.41) is 0. The van der Waals surface area contributed by atoms with Gasteiger partial charge in [0.25, 0.3) is 0 Å². The molecule has 1 aromatic carbocycles. The predicted octanol–water partition coefficient (Wildman–Crippen LogP) is 0.835. The Morgan fingerprint density at radius 2 is 1.70 bits per heavy atom. The molecular formula is C6H3BO3. The SMILES string of the molecule is c1cc2c3c(c1)OB(O2)O3. The van der Waals surface area contributed by atoms with E-state index in [-0.39, 0.29) is 0 Å². The fourth-order valence-electron chi connectivity index (χ4n) is 1.17. The van der Waals surface area contributed by atoms with Gasteiger partial charge in [0.15, 0.2) is 5.75 Å². The lowest BCUT2D eigenvalue weighted by Gasteiger charge is -2.06. The van der Waals surface area contributed by atoms with Crippen LogP contribution in [0, 0.1) is 0 Å². The highest BCUT2D eigenvalue weighted by molar-refractivity contribution is 6.43. The molecule has 0 aromatic heterocycles. The molecule has 3 nitrogen and oxygen atoms in total. The van der Waals surface area contributed by atoms with Crippen molar-refractivity contribution in [3.63, 3.8) is 0 Å². The zero-order chi connectivity index (χ0) is 6.55. The lowest BCUT2D eigenvalue weighted by atomic mass is 10.2. The second-order valence-corrected chi connectivity index (χ2v) is 2.23. The first kappa shape index (κ1) is 4.49. The van der Waals surface area contributed by atoms with Gasteiger partial charge < -0.3 is 14.0 Å². The Bertz CT molecular complexity index is 272. The van der Waals surface area contributed by atoms with E-state index in [9.17, 15) is 0 Å². The zero-order valence-corrected chi connectivity index (χ0v) is 5.03. The van der Waals surface area contributed by atoms with Gasteiger partial charge >= 0.3 is 7.32 Å². The minimum atomic E-state index is -0.513. The zero-order valence-electron chi connectivity index (χ0n) is 5.03. The van der Waals surface area contributed by atoms with Crippen molar-refractivity contribution in [1.29, 1.82) is 0 Å². The molecule has 0 saturated carbocycles. The second kappa shape index (κ2) is 1.23. The van der Waals surface area contributed by atoms with Crippen LogP contribution in [0.2, 0.25) is 0 Å². The van der Waals surface area contributed by atoms with Crippen molar-refractivity contribution < 1.29 is 14.0 Å². The largest absolute Gasteiger partial charge is 0.864 e. The third-order valence-electron chi connectivity index (χ3n) is 1.60. The van der Waals surface area contributed by atoms with Gasteiger partial charge in [0.05, 0.1) is 0 Å². The molecule has 10 heavy (non-hydrogen) atoms. The fourth-order valence-corrected chi connectivity index (χ4v) is 1.17. The predicted molar refractivity (Wildman–Crippen MR) is 34.1 cm³/mol. The van der Waals surface area contributed by atoms with E-state index in [1.165, 1.54) is 0 Å². The average Bonchev–Trinajstić information content (AvgIpc) is 2.40. The minimum Gasteiger partial charge on any atom is -0.486 e. The molecule has 0 spiro atoms. The average molecular weight is 134 g/mol. The fraction of sp³-hybridized carbons (Fsp3) is 0. The molecule has 2 aliphatic rings. The van der Waals surface area contributed by atoms with E-state index < -0.39 is 7.32 Å². The molecule has 0 atom stereocenters. The van der Waals surface area contributed by atoms with Crippen LogP contribution in [0.15, 0.2) is 18.2 Å². The maximum Gasteiger partial charge on any atom is 0.864 e. The third-order valence-corrected chi connectivity index (χ3v) is 1.60. The highest BCUT2D eigenvalue weighted by Gasteiger charge is 2.46. The van der Waals surface area contributed by atoms with Crippen LogP contribution in [0.25, 0.3) is 0 Å². The third kappa shape index (κ3) is 0.355. The molecule has 3 rings (SSSR count). The highest BCUT2D eigenvalue weighted by atomic mass is 16.8. The lowest BCUT2D eigenvalue weighted by molar-refractivity contribution is 0.383. The molecule has 0 fully saturated rings. The van der Waals surface area contributed by atoms with Crippen LogP contribution >= 0.6 is 0 Å². The molecule has 2 heterocycles. The number of benzene rings is 1. The Balaban J connectivity index is 2.39. The molecular weight excluding hydrogens is 131 g/mol. The van der Waals surface area contributed by atoms with Crippen molar-refractivity contribution in [2.75, 3.05) is 0 Å². The number of para-hydroxylation sites is 1. The summed E-state index contributed by atoms with van der Waals surface area (Å²) in [6.45, 7) is 0. The van der Waals surface area contributed by atoms with Crippen molar-refractivity contribution >= 4 is 7.32 Å². The summed E-state index contributed by atoms with van der Waals surface area (Å²) in [7, 11) is -0.513. The van der Waals surface area contributed by atoms with Crippen molar-refractivity contribution in [1.82, 2.24) is 0 Å². The smallest absolute Gasteiger partial charge is 0.486 e. The van der Waals surface area contributed by atoms with Crippen LogP contribution in [0.4, 0.5) is 0 Å². The molecule has 1 aromatic rings. The molecule has 4 heteroatoms. The van der Waals surface area contributed by atoms with Gasteiger partial charge in [0, 0.05) is 0 Å². The number of hydrogen-bond acceptors (Lipinski definition) is 3. The molecule has 0 radical (unpaired) electrons. The van der Waals surface area contributed by atoms with Gasteiger partial charge in [0.1, 0.15) is 11.5 Å². The van der Waals surface area contributed by atoms with E-state index >= 15 is 0 Å². The number of hydrogen-bond donors (Lipinski definition) is 0. The van der Waals surface area contributed by atoms with Crippen molar-refractivity contribution in [3.8, 4) is 17.2 Å². The summed E-state index contributed by atoms with van der Waals surface area (Å²) in [5.74, 6) is 2.31. The van der Waals surface area contributed by atoms with Crippen LogP contribution in [0.3, 0.4) is 0 Å². The molecule has 2 bridgehead atoms. The van der Waals surface area contributed by atoms with E-state index in [1.807, 2.05) is 18.2 Å². The Hall–Kier alpha value is -1.32. The van der Waals surface area contributed by atoms with Gasteiger partial charge in [-0.2, -0.15) is 0 Å². The molecule has 2 aliphatic heterocycles. The first-order valence-corrected chi connectivity index (χ1v) is 3.06. The van der Waals surface area contributed by atoms with Gasteiger partial charge in [-0.15, -0.1) is 0 Å². The van der Waals surface area contributed by atoms with Crippen LogP contribution in [-0.4, -0.2) is 7.32 Å². The monoisotopic (exact) mass is 134 g/mol. The molecule has 0 unspecified atom stereocenters. The van der Waals surface area contributed by atoms with Crippen molar-refractivity contribution in [2.45, 2.75) is 0 Å². The highest BCUT2D eigenvalue weighted by Crippen LogP contribution is 2.46. The summed E-state index contributed by atoms with van der Waals surface area (Å²) in [5.41, 5.74) is 0. The van der Waals surface area contributed by atoms with Gasteiger partial charge in [-0.25, -0.2) is 0 Å². The molecule has 0 N–H and O–H groups in total. The first-order chi connectivity index (χ1) is 4.93. The summed E-state index contributed by atoms with van der Waals surface area (Å²) in [6, 6.07) is 5.60. The number of rotatable bonds is 0. The summed E-state index contributed by atoms with van der Waals surface area (Å²) >= 11 is 0. The van der Waals surface area contributed by atoms with E-state index in [1.54, 1.807) is 0 Å². The number of fused-ring (bicyclic) bond motifs is 1. The Kier molecular flexibility index (Phi) is 0.554. The van der Waals surface area contributed by atoms with Crippen molar-refractivity contribution in [3.05, 3.63) is 18.2 Å². The van der Waals surface area contributed by atoms with Crippen LogP contribution in [0.1, 0.15) is 0 Å². The Labute approximate surface area is 57.7 Å². The Morgan fingerprint density at radius 1 is 1.00 bits per heavy atom. The first-order valence-electron chi connectivity index (χ1n) is 3.06. The molecule has 48 valence electrons. The molecule has 0 aliphatic carbocycles. The van der Waals surface area contributed by atoms with Crippen LogP contribution in [-0.2, 0) is 0 Å². The van der Waals surface area contributed by atoms with Crippen LogP contribution < -0.4 is 14.0 Å². The Morgan fingerprint density at radius 3 is 2.20 bits per heavy atom. The minimum absolute atomic E-state index is 0.513. The summed E-state index contributed by atoms with van der Waals surface area (Å²) < 4.78 is 15.4. The molecule has 0 amide bonds. The quantitative estimate of drug-likeness (QED) is 0.492. The molecule has 0 saturated heterocycles. The maximum atomic E-state index is 5.15. The van der Waals surface area contributed by atoms with Gasteiger partial charge in [-0.3, -0.25) is 0 Å². The second-order valence-electron chi connectivity index (χ2n) is 2.23. The topological polar surface area (TPSA) is 27.7 Å². The van der Waals surface area contributed by atoms with E-state index in [0.717, 1.165) is 17.2 Å². The van der Waals surface area contributed by atoms with Gasteiger partial charge in [0.2, 0.25) is 0 Å². The van der Waals surface area contributed by atoms with Gasteiger partial charge in [-0.05, 0) is 12.1 Å². The maximum absolute atomic E-state index is 5.15. The normalized spacial score (nSPS) is 16.2. The van der Waals surface area contributed by atoms with Gasteiger partial charge in [-0.1, -0.05) is 6.07 Å². The lowest BCUT2D eigenvalue weighted by Crippen LogP contribution is -2.29.